The van der Waals surface area contributed by atoms with Crippen molar-refractivity contribution in [3.05, 3.63) is 118 Å². The number of aliphatic hydroxyl groups excluding tert-OH is 2. The van der Waals surface area contributed by atoms with E-state index in [1.807, 2.05) is 42.5 Å². The Bertz CT molecular complexity index is 1710. The van der Waals surface area contributed by atoms with Gasteiger partial charge in [0, 0.05) is 49.9 Å². The Labute approximate surface area is 317 Å². The van der Waals surface area contributed by atoms with Crippen LogP contribution in [0.5, 0.6) is 0 Å². The molecule has 7 nitrogen and oxygen atoms in total. The average Bonchev–Trinajstić information content (AvgIpc) is 3.39. The minimum atomic E-state index is -4.61. The number of carbonyl (C=O) groups excluding carboxylic acids is 1. The molecule has 0 amide bonds. The van der Waals surface area contributed by atoms with E-state index in [9.17, 15) is 33.3 Å². The molecule has 1 fully saturated rings. The minimum Gasteiger partial charge on any atom is -0.393 e. The number of ether oxygens (including phenoxy) is 2. The number of hydrogen-bond acceptors (Lipinski definition) is 7. The zero-order valence-electron chi connectivity index (χ0n) is 31.8. The molecule has 3 aliphatic rings. The fraction of sp³-hybridized carbons (Fsp3) is 0.523. The van der Waals surface area contributed by atoms with Gasteiger partial charge in [0.15, 0.2) is 5.78 Å². The van der Waals surface area contributed by atoms with Crippen molar-refractivity contribution in [3.63, 3.8) is 0 Å². The maximum absolute atomic E-state index is 14.3. The van der Waals surface area contributed by atoms with E-state index < -0.39 is 40.7 Å². The second kappa shape index (κ2) is 18.5. The van der Waals surface area contributed by atoms with Crippen molar-refractivity contribution in [2.45, 2.75) is 102 Å². The third-order valence-corrected chi connectivity index (χ3v) is 11.6. The highest BCUT2D eigenvalue weighted by Gasteiger charge is 2.57. The van der Waals surface area contributed by atoms with Crippen LogP contribution in [0.4, 0.5) is 13.2 Å². The summed E-state index contributed by atoms with van der Waals surface area (Å²) in [6, 6.07) is 19.8. The summed E-state index contributed by atoms with van der Waals surface area (Å²) in [6.07, 6.45) is 0.532. The van der Waals surface area contributed by atoms with E-state index in [4.69, 9.17) is 9.47 Å². The molecule has 0 radical (unpaired) electrons. The van der Waals surface area contributed by atoms with Crippen molar-refractivity contribution in [2.75, 3.05) is 40.0 Å². The minimum absolute atomic E-state index is 0.0637. The summed E-state index contributed by atoms with van der Waals surface area (Å²) in [5.74, 6) is -0.823. The first-order chi connectivity index (χ1) is 25.7. The van der Waals surface area contributed by atoms with Gasteiger partial charge in [-0.2, -0.15) is 13.2 Å². The van der Waals surface area contributed by atoms with Crippen molar-refractivity contribution in [1.29, 1.82) is 0 Å². The van der Waals surface area contributed by atoms with E-state index in [0.29, 0.717) is 82.3 Å². The topological polar surface area (TPSA) is 99.5 Å². The van der Waals surface area contributed by atoms with Crippen LogP contribution in [0.25, 0.3) is 0 Å². The largest absolute Gasteiger partial charge is 0.416 e. The fourth-order valence-electron chi connectivity index (χ4n) is 8.46. The normalized spacial score (nSPS) is 24.2. The molecule has 294 valence electrons. The quantitative estimate of drug-likeness (QED) is 0.0876. The molecule has 0 spiro atoms. The lowest BCUT2D eigenvalue weighted by atomic mass is 9.64. The van der Waals surface area contributed by atoms with Crippen LogP contribution in [0.1, 0.15) is 103 Å². The van der Waals surface area contributed by atoms with Crippen LogP contribution in [0.3, 0.4) is 0 Å². The Morgan fingerprint density at radius 1 is 1.04 bits per heavy atom. The summed E-state index contributed by atoms with van der Waals surface area (Å²) in [5, 5.41) is 34.9. The number of methoxy groups -OCH3 is 1. The number of nitrogens with zero attached hydrogens (tertiary/aromatic N) is 1. The number of fused-ring (bicyclic) bond motifs is 8. The lowest BCUT2D eigenvalue weighted by molar-refractivity contribution is -0.137. The molecule has 1 saturated carbocycles. The molecule has 10 heteroatoms. The van der Waals surface area contributed by atoms with Crippen LogP contribution in [0.2, 0.25) is 0 Å². The number of halogens is 3. The monoisotopic (exact) mass is 751 g/mol. The van der Waals surface area contributed by atoms with Crippen molar-refractivity contribution >= 4 is 5.78 Å². The highest BCUT2D eigenvalue weighted by Crippen LogP contribution is 2.59. The first-order valence-electron chi connectivity index (χ1n) is 19.1. The lowest BCUT2D eigenvalue weighted by Gasteiger charge is -2.46. The predicted molar refractivity (Wildman–Crippen MR) is 203 cm³/mol. The molecule has 2 bridgehead atoms. The molecule has 3 aromatic rings. The van der Waals surface area contributed by atoms with Gasteiger partial charge >= 0.3 is 6.18 Å². The Hall–Kier alpha value is -3.38. The van der Waals surface area contributed by atoms with Crippen molar-refractivity contribution in [1.82, 2.24) is 4.90 Å². The third kappa shape index (κ3) is 10.5. The third-order valence-electron chi connectivity index (χ3n) is 11.6. The number of rotatable bonds is 14. The Balaban J connectivity index is 1.49. The van der Waals surface area contributed by atoms with E-state index in [-0.39, 0.29) is 31.2 Å². The Morgan fingerprint density at radius 3 is 2.56 bits per heavy atom. The van der Waals surface area contributed by atoms with Crippen molar-refractivity contribution < 1.29 is 42.8 Å². The average molecular weight is 752 g/mol. The lowest BCUT2D eigenvalue weighted by Crippen LogP contribution is -2.54. The van der Waals surface area contributed by atoms with Gasteiger partial charge in [0.1, 0.15) is 0 Å². The van der Waals surface area contributed by atoms with Gasteiger partial charge in [0.25, 0.3) is 0 Å². The number of ketones is 1. The molecule has 3 N–H and O–H groups in total. The van der Waals surface area contributed by atoms with Gasteiger partial charge in [0.2, 0.25) is 0 Å². The van der Waals surface area contributed by atoms with E-state index in [1.54, 1.807) is 13.2 Å². The van der Waals surface area contributed by atoms with E-state index >= 15 is 0 Å². The molecule has 3 aliphatic carbocycles. The molecule has 3 aromatic carbocycles. The number of allylic oxidation sites excluding steroid dienone is 2. The molecule has 0 saturated heterocycles. The molecule has 6 rings (SSSR count). The zero-order valence-corrected chi connectivity index (χ0v) is 31.8. The summed E-state index contributed by atoms with van der Waals surface area (Å²) in [7, 11) is 1.64. The summed E-state index contributed by atoms with van der Waals surface area (Å²) >= 11 is 0. The van der Waals surface area contributed by atoms with Crippen LogP contribution in [-0.2, 0) is 28.7 Å². The van der Waals surface area contributed by atoms with E-state index in [1.165, 1.54) is 12.1 Å². The second-order valence-electron chi connectivity index (χ2n) is 15.6. The Morgan fingerprint density at radius 2 is 1.81 bits per heavy atom. The molecular formula is C44H56F3NO6. The van der Waals surface area contributed by atoms with Gasteiger partial charge in [-0.05, 0) is 99.1 Å². The molecule has 0 aromatic heterocycles. The summed E-state index contributed by atoms with van der Waals surface area (Å²) in [4.78, 5) is 16.4. The smallest absolute Gasteiger partial charge is 0.393 e. The molecule has 5 atom stereocenters. The van der Waals surface area contributed by atoms with Crippen LogP contribution < -0.4 is 0 Å². The van der Waals surface area contributed by atoms with Crippen molar-refractivity contribution in [3.8, 4) is 0 Å². The maximum Gasteiger partial charge on any atom is 0.416 e. The highest BCUT2D eigenvalue weighted by atomic mass is 19.4. The molecule has 0 aliphatic heterocycles. The first kappa shape index (κ1) is 41.8. The number of hydrogen-bond donors (Lipinski definition) is 3. The van der Waals surface area contributed by atoms with E-state index in [2.05, 4.69) is 24.8 Å². The van der Waals surface area contributed by atoms with Gasteiger partial charge < -0.3 is 24.8 Å². The van der Waals surface area contributed by atoms with Crippen LogP contribution in [-0.4, -0.2) is 83.8 Å². The number of alkyl halides is 3. The SMILES string of the molecule is COCCCN(CC(O)COCc1ccccc1)CC1(O)CCC2c3ccc(cc3C(=O)c3cccc(C(F)(F)F)c3)CC(O)CCC(C)=CCCC21C. The molecule has 0 heterocycles. The second-order valence-corrected chi connectivity index (χ2v) is 15.6. The maximum atomic E-state index is 14.3. The number of aliphatic hydroxyl groups is 3. The highest BCUT2D eigenvalue weighted by molar-refractivity contribution is 6.10. The van der Waals surface area contributed by atoms with Crippen LogP contribution in [0, 0.1) is 5.41 Å². The molecular weight excluding hydrogens is 695 g/mol. The summed E-state index contributed by atoms with van der Waals surface area (Å²) in [5.41, 5.74) is 0.918. The number of carbonyl (C=O) groups is 1. The van der Waals surface area contributed by atoms with Gasteiger partial charge in [0.05, 0.1) is 36.6 Å². The van der Waals surface area contributed by atoms with E-state index in [0.717, 1.165) is 28.8 Å². The summed E-state index contributed by atoms with van der Waals surface area (Å²) in [6.45, 7) is 6.25. The van der Waals surface area contributed by atoms with Gasteiger partial charge in [-0.3, -0.25) is 9.69 Å². The Kier molecular flexibility index (Phi) is 14.3. The van der Waals surface area contributed by atoms with Crippen molar-refractivity contribution in [2.24, 2.45) is 5.41 Å². The summed E-state index contributed by atoms with van der Waals surface area (Å²) < 4.78 is 52.5. The standard InChI is InChI=1S/C44H56F3NO6/c1-31-10-8-20-42(2)40(19-21-43(42,52)30-48(22-9-23-53-3)27-37(50)29-54-28-32-11-5-4-6-12-32)38-18-16-33(24-36(49)17-15-31)25-39(38)41(51)34-13-7-14-35(26-34)44(45,46)47/h4-7,10-14,16,18,25-26,36-37,40,49-50,52H,8-9,15,17,19-24,27-30H2,1-3H3. The molecule has 54 heavy (non-hydrogen) atoms. The fourth-order valence-corrected chi connectivity index (χ4v) is 8.46. The predicted octanol–water partition coefficient (Wildman–Crippen LogP) is 7.89. The van der Waals surface area contributed by atoms with Gasteiger partial charge in [-0.1, -0.05) is 73.2 Å². The van der Waals surface area contributed by atoms with Gasteiger partial charge in [-0.15, -0.1) is 0 Å². The zero-order chi connectivity index (χ0) is 38.9. The van der Waals surface area contributed by atoms with Crippen LogP contribution >= 0.6 is 0 Å². The van der Waals surface area contributed by atoms with Gasteiger partial charge in [-0.25, -0.2) is 0 Å². The number of benzene rings is 3. The van der Waals surface area contributed by atoms with Crippen LogP contribution in [0.15, 0.2) is 84.4 Å². The molecule has 5 unspecified atom stereocenters. The first-order valence-corrected chi connectivity index (χ1v) is 19.1.